The van der Waals surface area contributed by atoms with Gasteiger partial charge in [0.15, 0.2) is 0 Å². The molecular weight excluding hydrogens is 274 g/mol. The summed E-state index contributed by atoms with van der Waals surface area (Å²) in [7, 11) is -1.81. The minimum atomic E-state index is -3.48. The number of hydrogen-bond acceptors (Lipinski definition) is 3. The van der Waals surface area contributed by atoms with E-state index in [2.05, 4.69) is 0 Å². The average Bonchev–Trinajstić information content (AvgIpc) is 2.91. The summed E-state index contributed by atoms with van der Waals surface area (Å²) in [6.45, 7) is 3.56. The van der Waals surface area contributed by atoms with E-state index in [4.69, 9.17) is 0 Å². The van der Waals surface area contributed by atoms with Gasteiger partial charge < -0.3 is 5.11 Å². The van der Waals surface area contributed by atoms with E-state index in [9.17, 15) is 13.5 Å². The number of nitrogens with zero attached hydrogens (tertiary/aromatic N) is 1. The molecule has 1 aromatic carbocycles. The topological polar surface area (TPSA) is 57.6 Å². The molecule has 0 spiro atoms. The van der Waals surface area contributed by atoms with E-state index >= 15 is 0 Å². The molecule has 112 valence electrons. The third-order valence-electron chi connectivity index (χ3n) is 4.30. The predicted octanol–water partition coefficient (Wildman–Crippen LogP) is 2.36. The molecule has 0 aromatic heterocycles. The molecule has 0 aliphatic heterocycles. The van der Waals surface area contributed by atoms with Crippen LogP contribution in [0.4, 0.5) is 0 Å². The fraction of sp³-hybridized carbons (Fsp3) is 0.600. The lowest BCUT2D eigenvalue weighted by Crippen LogP contribution is -2.35. The average molecular weight is 297 g/mol. The third kappa shape index (κ3) is 2.75. The molecule has 1 fully saturated rings. The zero-order chi connectivity index (χ0) is 14.9. The van der Waals surface area contributed by atoms with Gasteiger partial charge in [-0.25, -0.2) is 8.42 Å². The van der Waals surface area contributed by atoms with Crippen LogP contribution < -0.4 is 0 Å². The molecule has 0 amide bonds. The molecule has 0 heterocycles. The van der Waals surface area contributed by atoms with Crippen molar-refractivity contribution in [3.63, 3.8) is 0 Å². The Morgan fingerprint density at radius 1 is 1.20 bits per heavy atom. The summed E-state index contributed by atoms with van der Waals surface area (Å²) >= 11 is 0. The highest BCUT2D eigenvalue weighted by atomic mass is 32.2. The van der Waals surface area contributed by atoms with Crippen LogP contribution in [0.1, 0.15) is 42.4 Å². The third-order valence-corrected chi connectivity index (χ3v) is 6.35. The highest BCUT2D eigenvalue weighted by molar-refractivity contribution is 7.89. The second kappa shape index (κ2) is 5.84. The highest BCUT2D eigenvalue weighted by Gasteiger charge is 2.31. The summed E-state index contributed by atoms with van der Waals surface area (Å²) in [5, 5.41) is 9.34. The van der Waals surface area contributed by atoms with Gasteiger partial charge in [-0.15, -0.1) is 0 Å². The van der Waals surface area contributed by atoms with Crippen molar-refractivity contribution in [2.75, 3.05) is 7.05 Å². The van der Waals surface area contributed by atoms with Crippen LogP contribution in [0.25, 0.3) is 0 Å². The van der Waals surface area contributed by atoms with Crippen molar-refractivity contribution >= 4 is 10.0 Å². The number of sulfonamides is 1. The number of rotatable bonds is 4. The number of hydrogen-bond donors (Lipinski definition) is 1. The summed E-state index contributed by atoms with van der Waals surface area (Å²) in [4.78, 5) is 0.321. The molecule has 1 aromatic rings. The highest BCUT2D eigenvalue weighted by Crippen LogP contribution is 2.29. The zero-order valence-corrected chi connectivity index (χ0v) is 13.2. The lowest BCUT2D eigenvalue weighted by Gasteiger charge is -2.25. The molecule has 1 N–H and O–H groups in total. The van der Waals surface area contributed by atoms with E-state index in [1.54, 1.807) is 13.1 Å². The van der Waals surface area contributed by atoms with Crippen molar-refractivity contribution < 1.29 is 13.5 Å². The van der Waals surface area contributed by atoms with E-state index < -0.39 is 10.0 Å². The molecule has 1 aliphatic rings. The van der Waals surface area contributed by atoms with Crippen molar-refractivity contribution in [3.8, 4) is 0 Å². The first-order valence-corrected chi connectivity index (χ1v) is 8.51. The van der Waals surface area contributed by atoms with E-state index in [1.807, 2.05) is 19.9 Å². The monoisotopic (exact) mass is 297 g/mol. The second-order valence-corrected chi connectivity index (χ2v) is 7.63. The lowest BCUT2D eigenvalue weighted by atomic mass is 10.1. The Labute approximate surface area is 121 Å². The Morgan fingerprint density at radius 2 is 1.80 bits per heavy atom. The first kappa shape index (κ1) is 15.5. The normalized spacial score (nSPS) is 17.1. The maximum absolute atomic E-state index is 12.8. The van der Waals surface area contributed by atoms with Gasteiger partial charge in [-0.1, -0.05) is 18.9 Å². The quantitative estimate of drug-likeness (QED) is 0.928. The SMILES string of the molecule is Cc1cc(C)c(S(=O)(=O)N(C)C2CCCC2)cc1CO. The molecule has 0 unspecified atom stereocenters. The standard InChI is InChI=1S/C15H23NO3S/c1-11-8-12(2)15(9-13(11)10-17)20(18,19)16(3)14-6-4-5-7-14/h8-9,14,17H,4-7,10H2,1-3H3. The minimum absolute atomic E-state index is 0.110. The Morgan fingerprint density at radius 3 is 2.35 bits per heavy atom. The Bertz CT molecular complexity index is 589. The molecule has 1 aliphatic carbocycles. The van der Waals surface area contributed by atoms with E-state index in [0.717, 1.165) is 36.8 Å². The van der Waals surface area contributed by atoms with Crippen LogP contribution in [0.15, 0.2) is 17.0 Å². The van der Waals surface area contributed by atoms with Gasteiger partial charge in [0.25, 0.3) is 0 Å². The fourth-order valence-electron chi connectivity index (χ4n) is 2.94. The lowest BCUT2D eigenvalue weighted by molar-refractivity contribution is 0.280. The van der Waals surface area contributed by atoms with Crippen LogP contribution in [0.2, 0.25) is 0 Å². The first-order chi connectivity index (χ1) is 9.37. The van der Waals surface area contributed by atoms with Crippen molar-refractivity contribution in [1.29, 1.82) is 0 Å². The van der Waals surface area contributed by atoms with Crippen molar-refractivity contribution in [3.05, 3.63) is 28.8 Å². The van der Waals surface area contributed by atoms with Crippen LogP contribution in [0.3, 0.4) is 0 Å². The number of aliphatic hydroxyl groups is 1. The summed E-state index contributed by atoms with van der Waals surface area (Å²) in [5.41, 5.74) is 2.34. The summed E-state index contributed by atoms with van der Waals surface area (Å²) in [6.07, 6.45) is 4.07. The molecule has 0 bridgehead atoms. The molecule has 2 rings (SSSR count). The molecule has 0 atom stereocenters. The van der Waals surface area contributed by atoms with Crippen LogP contribution in [0, 0.1) is 13.8 Å². The van der Waals surface area contributed by atoms with Gasteiger partial charge in [-0.05, 0) is 49.4 Å². The maximum atomic E-state index is 12.8. The number of aliphatic hydroxyl groups excluding tert-OH is 1. The molecule has 0 saturated heterocycles. The van der Waals surface area contributed by atoms with Gasteiger partial charge >= 0.3 is 0 Å². The van der Waals surface area contributed by atoms with Crippen LogP contribution in [-0.2, 0) is 16.6 Å². The number of aryl methyl sites for hydroxylation is 2. The van der Waals surface area contributed by atoms with Crippen LogP contribution >= 0.6 is 0 Å². The van der Waals surface area contributed by atoms with Crippen molar-refractivity contribution in [2.24, 2.45) is 0 Å². The molecule has 0 radical (unpaired) electrons. The molecule has 1 saturated carbocycles. The van der Waals surface area contributed by atoms with Crippen molar-refractivity contribution in [2.45, 2.75) is 57.1 Å². The minimum Gasteiger partial charge on any atom is -0.392 e. The predicted molar refractivity (Wildman–Crippen MR) is 79.0 cm³/mol. The molecular formula is C15H23NO3S. The fourth-order valence-corrected chi connectivity index (χ4v) is 4.61. The largest absolute Gasteiger partial charge is 0.392 e. The van der Waals surface area contributed by atoms with Gasteiger partial charge in [-0.3, -0.25) is 0 Å². The molecule has 5 heteroatoms. The summed E-state index contributed by atoms with van der Waals surface area (Å²) in [6, 6.07) is 3.56. The second-order valence-electron chi connectivity index (χ2n) is 5.66. The Kier molecular flexibility index (Phi) is 4.52. The van der Waals surface area contributed by atoms with E-state index in [1.165, 1.54) is 4.31 Å². The Hall–Kier alpha value is -0.910. The summed E-state index contributed by atoms with van der Waals surface area (Å²) < 4.78 is 27.0. The zero-order valence-electron chi connectivity index (χ0n) is 12.4. The summed E-state index contributed by atoms with van der Waals surface area (Å²) in [5.74, 6) is 0. The van der Waals surface area contributed by atoms with Gasteiger partial charge in [0.1, 0.15) is 0 Å². The van der Waals surface area contributed by atoms with Crippen LogP contribution in [0.5, 0.6) is 0 Å². The van der Waals surface area contributed by atoms with Gasteiger partial charge in [0.2, 0.25) is 10.0 Å². The van der Waals surface area contributed by atoms with Crippen LogP contribution in [-0.4, -0.2) is 30.9 Å². The maximum Gasteiger partial charge on any atom is 0.243 e. The molecule has 4 nitrogen and oxygen atoms in total. The molecule has 20 heavy (non-hydrogen) atoms. The van der Waals surface area contributed by atoms with Gasteiger partial charge in [-0.2, -0.15) is 4.31 Å². The van der Waals surface area contributed by atoms with Crippen molar-refractivity contribution in [1.82, 2.24) is 4.31 Å². The number of benzene rings is 1. The van der Waals surface area contributed by atoms with E-state index in [-0.39, 0.29) is 12.6 Å². The van der Waals surface area contributed by atoms with Gasteiger partial charge in [0.05, 0.1) is 11.5 Å². The first-order valence-electron chi connectivity index (χ1n) is 7.07. The van der Waals surface area contributed by atoms with E-state index in [0.29, 0.717) is 10.5 Å². The smallest absolute Gasteiger partial charge is 0.243 e. The van der Waals surface area contributed by atoms with Gasteiger partial charge in [0, 0.05) is 13.1 Å². The Balaban J connectivity index is 2.43.